The summed E-state index contributed by atoms with van der Waals surface area (Å²) in [7, 11) is 3.13. The third-order valence-corrected chi connectivity index (χ3v) is 6.47. The van der Waals surface area contributed by atoms with Crippen molar-refractivity contribution in [2.75, 3.05) is 24.9 Å². The first-order valence-corrected chi connectivity index (χ1v) is 12.3. The van der Waals surface area contributed by atoms with Crippen molar-refractivity contribution in [2.45, 2.75) is 32.4 Å². The fourth-order valence-electron chi connectivity index (χ4n) is 4.54. The van der Waals surface area contributed by atoms with E-state index in [0.717, 1.165) is 28.9 Å². The molecule has 0 radical (unpaired) electrons. The predicted molar refractivity (Wildman–Crippen MR) is 149 cm³/mol. The van der Waals surface area contributed by atoms with Gasteiger partial charge in [0.1, 0.15) is 0 Å². The van der Waals surface area contributed by atoms with Crippen molar-refractivity contribution in [3.8, 4) is 23.0 Å². The predicted octanol–water partition coefficient (Wildman–Crippen LogP) is 7.05. The highest BCUT2D eigenvalue weighted by molar-refractivity contribution is 5.54. The van der Waals surface area contributed by atoms with E-state index in [1.54, 1.807) is 26.4 Å². The average Bonchev–Trinajstić information content (AvgIpc) is 2.90. The van der Waals surface area contributed by atoms with Crippen LogP contribution in [0.25, 0.3) is 0 Å². The van der Waals surface area contributed by atoms with Gasteiger partial charge in [-0.05, 0) is 67.8 Å². The largest absolute Gasteiger partial charge is 0.504 e. The molecule has 0 saturated heterocycles. The number of phenolic OH excluding ortho intramolecular Hbond substituents is 2. The van der Waals surface area contributed by atoms with E-state index >= 15 is 0 Å². The second-order valence-electron chi connectivity index (χ2n) is 9.10. The van der Waals surface area contributed by atoms with Crippen molar-refractivity contribution >= 4 is 11.4 Å². The van der Waals surface area contributed by atoms with Crippen LogP contribution in [0, 0.1) is 0 Å². The van der Waals surface area contributed by atoms with Gasteiger partial charge in [0.05, 0.1) is 26.3 Å². The van der Waals surface area contributed by atoms with Crippen LogP contribution in [0.15, 0.2) is 84.9 Å². The van der Waals surface area contributed by atoms with Crippen LogP contribution >= 0.6 is 0 Å². The summed E-state index contributed by atoms with van der Waals surface area (Å²) in [6, 6.07) is 27.5. The molecule has 4 rings (SSSR count). The first kappa shape index (κ1) is 25.8. The molecule has 0 aliphatic rings. The van der Waals surface area contributed by atoms with Gasteiger partial charge >= 0.3 is 0 Å². The van der Waals surface area contributed by atoms with Crippen molar-refractivity contribution in [1.29, 1.82) is 0 Å². The Morgan fingerprint density at radius 1 is 0.595 bits per heavy atom. The molecule has 6 nitrogen and oxygen atoms in total. The van der Waals surface area contributed by atoms with E-state index in [9.17, 15) is 10.2 Å². The van der Waals surface area contributed by atoms with Crippen LogP contribution in [0.3, 0.4) is 0 Å². The normalized spacial score (nSPS) is 12.4. The van der Waals surface area contributed by atoms with E-state index in [-0.39, 0.29) is 23.6 Å². The fraction of sp³-hybridized carbons (Fsp3) is 0.226. The Balaban J connectivity index is 1.36. The van der Waals surface area contributed by atoms with Gasteiger partial charge in [-0.3, -0.25) is 0 Å². The molecule has 4 N–H and O–H groups in total. The van der Waals surface area contributed by atoms with Crippen LogP contribution in [0.4, 0.5) is 11.4 Å². The van der Waals surface area contributed by atoms with Crippen LogP contribution in [0.5, 0.6) is 23.0 Å². The molecule has 0 aromatic heterocycles. The maximum atomic E-state index is 10.1. The lowest BCUT2D eigenvalue weighted by Crippen LogP contribution is -2.08. The lowest BCUT2D eigenvalue weighted by atomic mass is 10.0. The minimum absolute atomic E-state index is 0.0323. The first-order valence-electron chi connectivity index (χ1n) is 12.3. The van der Waals surface area contributed by atoms with Crippen molar-refractivity contribution in [3.05, 3.63) is 107 Å². The summed E-state index contributed by atoms with van der Waals surface area (Å²) in [4.78, 5) is 0. The van der Waals surface area contributed by atoms with Crippen LogP contribution in [-0.2, 0) is 6.42 Å². The average molecular weight is 499 g/mol. The molecule has 0 fully saturated rings. The molecule has 4 aromatic carbocycles. The number of para-hydroxylation sites is 2. The lowest BCUT2D eigenvalue weighted by Gasteiger charge is -2.19. The van der Waals surface area contributed by atoms with E-state index in [0.29, 0.717) is 11.5 Å². The number of nitrogens with one attached hydrogen (secondary N) is 2. The summed E-state index contributed by atoms with van der Waals surface area (Å²) >= 11 is 0. The van der Waals surface area contributed by atoms with Crippen LogP contribution < -0.4 is 20.1 Å². The van der Waals surface area contributed by atoms with E-state index in [2.05, 4.69) is 59.2 Å². The van der Waals surface area contributed by atoms with Gasteiger partial charge in [-0.1, -0.05) is 48.5 Å². The summed E-state index contributed by atoms with van der Waals surface area (Å²) < 4.78 is 10.8. The molecule has 0 bridgehead atoms. The highest BCUT2D eigenvalue weighted by atomic mass is 16.5. The zero-order valence-corrected chi connectivity index (χ0v) is 21.7. The summed E-state index contributed by atoms with van der Waals surface area (Å²) in [5.74, 6) is 1.26. The van der Waals surface area contributed by atoms with Crippen molar-refractivity contribution < 1.29 is 19.7 Å². The second kappa shape index (κ2) is 11.6. The molecule has 0 aliphatic carbocycles. The Kier molecular flexibility index (Phi) is 8.08. The number of ether oxygens (including phenoxy) is 2. The molecular formula is C31H34N2O4. The fourth-order valence-corrected chi connectivity index (χ4v) is 4.54. The zero-order chi connectivity index (χ0) is 26.4. The Labute approximate surface area is 218 Å². The molecule has 2 unspecified atom stereocenters. The molecule has 6 heteroatoms. The van der Waals surface area contributed by atoms with E-state index < -0.39 is 0 Å². The summed E-state index contributed by atoms with van der Waals surface area (Å²) in [5, 5.41) is 27.1. The summed E-state index contributed by atoms with van der Waals surface area (Å²) in [6.07, 6.45) is 0.826. The Bertz CT molecular complexity index is 1220. The number of anilines is 2. The van der Waals surface area contributed by atoms with Gasteiger partial charge in [-0.25, -0.2) is 0 Å². The molecular weight excluding hydrogens is 464 g/mol. The van der Waals surface area contributed by atoms with Gasteiger partial charge in [-0.2, -0.15) is 0 Å². The van der Waals surface area contributed by atoms with Crippen LogP contribution in [0.2, 0.25) is 0 Å². The van der Waals surface area contributed by atoms with Gasteiger partial charge < -0.3 is 30.3 Å². The number of methoxy groups -OCH3 is 2. The monoisotopic (exact) mass is 498 g/mol. The number of rotatable bonds is 10. The van der Waals surface area contributed by atoms with E-state index in [1.165, 1.54) is 11.1 Å². The van der Waals surface area contributed by atoms with Gasteiger partial charge in [0, 0.05) is 22.5 Å². The third kappa shape index (κ3) is 6.09. The molecule has 0 heterocycles. The van der Waals surface area contributed by atoms with Crippen LogP contribution in [-0.4, -0.2) is 24.4 Å². The summed E-state index contributed by atoms with van der Waals surface area (Å²) in [5.41, 5.74) is 6.22. The number of hydrogen-bond acceptors (Lipinski definition) is 6. The Hall–Kier alpha value is -4.32. The molecule has 0 spiro atoms. The number of benzene rings is 4. The van der Waals surface area contributed by atoms with Gasteiger partial charge in [0.25, 0.3) is 0 Å². The first-order chi connectivity index (χ1) is 17.9. The number of phenols is 2. The third-order valence-electron chi connectivity index (χ3n) is 6.47. The second-order valence-corrected chi connectivity index (χ2v) is 9.10. The maximum Gasteiger partial charge on any atom is 0.165 e. The van der Waals surface area contributed by atoms with Gasteiger partial charge in [0.15, 0.2) is 23.0 Å². The van der Waals surface area contributed by atoms with E-state index in [4.69, 9.17) is 9.47 Å². The van der Waals surface area contributed by atoms with Crippen molar-refractivity contribution in [1.82, 2.24) is 0 Å². The smallest absolute Gasteiger partial charge is 0.165 e. The van der Waals surface area contributed by atoms with Crippen LogP contribution in [0.1, 0.15) is 48.2 Å². The minimum atomic E-state index is -0.0323. The molecule has 4 aromatic rings. The Morgan fingerprint density at radius 2 is 0.973 bits per heavy atom. The number of hydrogen-bond donors (Lipinski definition) is 4. The molecule has 37 heavy (non-hydrogen) atoms. The van der Waals surface area contributed by atoms with Gasteiger partial charge in [0.2, 0.25) is 0 Å². The van der Waals surface area contributed by atoms with Gasteiger partial charge in [-0.15, -0.1) is 0 Å². The lowest BCUT2D eigenvalue weighted by molar-refractivity contribution is 0.368. The van der Waals surface area contributed by atoms with E-state index in [1.807, 2.05) is 38.1 Å². The van der Waals surface area contributed by atoms with Crippen molar-refractivity contribution in [2.24, 2.45) is 0 Å². The highest BCUT2D eigenvalue weighted by Crippen LogP contribution is 2.36. The maximum absolute atomic E-state index is 10.1. The SMILES string of the molecule is COc1c(O)cccc1C(C)Nc1ccc(Cc2ccc(NC(C)c3cccc(O)c3OC)cc2)cc1. The summed E-state index contributed by atoms with van der Waals surface area (Å²) in [6.45, 7) is 4.08. The molecule has 0 aliphatic heterocycles. The topological polar surface area (TPSA) is 83.0 Å². The molecule has 0 amide bonds. The number of aromatic hydroxyl groups is 2. The molecule has 2 atom stereocenters. The standard InChI is InChI=1S/C31H34N2O4/c1-20(26-7-5-9-28(34)30(26)36-3)32-24-15-11-22(12-16-24)19-23-13-17-25(18-14-23)33-21(2)27-8-6-10-29(35)31(27)37-4/h5-18,20-21,32-35H,19H2,1-4H3. The quantitative estimate of drug-likeness (QED) is 0.187. The zero-order valence-electron chi connectivity index (χ0n) is 21.7. The minimum Gasteiger partial charge on any atom is -0.504 e. The molecule has 0 saturated carbocycles. The van der Waals surface area contributed by atoms with Crippen molar-refractivity contribution in [3.63, 3.8) is 0 Å². The molecule has 192 valence electrons. The Morgan fingerprint density at radius 3 is 1.32 bits per heavy atom. The highest BCUT2D eigenvalue weighted by Gasteiger charge is 2.15.